The molecule has 0 bridgehead atoms. The lowest BCUT2D eigenvalue weighted by molar-refractivity contribution is 0.172. The summed E-state index contributed by atoms with van der Waals surface area (Å²) in [7, 11) is 0. The molecule has 2 aromatic rings. The molecular formula is C11H8N2O2. The average molecular weight is 200 g/mol. The third-order valence-corrected chi connectivity index (χ3v) is 2.35. The Bertz CT molecular complexity index is 566. The van der Waals surface area contributed by atoms with E-state index in [9.17, 15) is 0 Å². The van der Waals surface area contributed by atoms with Crippen LogP contribution in [0.5, 0.6) is 11.5 Å². The Morgan fingerprint density at radius 1 is 1.27 bits per heavy atom. The van der Waals surface area contributed by atoms with Crippen LogP contribution in [-0.2, 0) is 0 Å². The summed E-state index contributed by atoms with van der Waals surface area (Å²) in [5.41, 5.74) is 1.68. The van der Waals surface area contributed by atoms with Gasteiger partial charge in [0.25, 0.3) is 0 Å². The highest BCUT2D eigenvalue weighted by Crippen LogP contribution is 2.33. The van der Waals surface area contributed by atoms with Crippen molar-refractivity contribution in [3.63, 3.8) is 0 Å². The van der Waals surface area contributed by atoms with Crippen LogP contribution in [0.15, 0.2) is 18.5 Å². The van der Waals surface area contributed by atoms with Gasteiger partial charge in [0.2, 0.25) is 0 Å². The molecule has 0 saturated carbocycles. The molecule has 1 aliphatic heterocycles. The van der Waals surface area contributed by atoms with Gasteiger partial charge in [-0.2, -0.15) is 0 Å². The summed E-state index contributed by atoms with van der Waals surface area (Å²) in [6.45, 7) is 1.15. The molecule has 74 valence electrons. The number of ether oxygens (including phenoxy) is 2. The highest BCUT2D eigenvalue weighted by Gasteiger charge is 2.14. The molecule has 0 unspecified atom stereocenters. The molecular weight excluding hydrogens is 192 g/mol. The van der Waals surface area contributed by atoms with Crippen LogP contribution < -0.4 is 9.47 Å². The zero-order valence-corrected chi connectivity index (χ0v) is 7.93. The van der Waals surface area contributed by atoms with Crippen molar-refractivity contribution in [3.8, 4) is 24.0 Å². The van der Waals surface area contributed by atoms with E-state index in [0.29, 0.717) is 13.2 Å². The highest BCUT2D eigenvalue weighted by atomic mass is 16.6. The standard InChI is InChI=1S/C11H8N2O2/c1-2-13-7-12-8-5-10-11(6-9(8)13)15-4-3-14-10/h1,5-7H,3-4H2. The van der Waals surface area contributed by atoms with Crippen LogP contribution >= 0.6 is 0 Å². The van der Waals surface area contributed by atoms with E-state index >= 15 is 0 Å². The van der Waals surface area contributed by atoms with Crippen LogP contribution in [0.25, 0.3) is 11.0 Å². The predicted molar refractivity (Wildman–Crippen MR) is 55.0 cm³/mol. The molecule has 15 heavy (non-hydrogen) atoms. The quantitative estimate of drug-likeness (QED) is 0.600. The number of hydrogen-bond acceptors (Lipinski definition) is 3. The van der Waals surface area contributed by atoms with Crippen molar-refractivity contribution in [1.82, 2.24) is 9.55 Å². The molecule has 4 nitrogen and oxygen atoms in total. The van der Waals surface area contributed by atoms with Crippen molar-refractivity contribution in [3.05, 3.63) is 18.5 Å². The molecule has 0 radical (unpaired) electrons. The molecule has 1 aliphatic rings. The van der Waals surface area contributed by atoms with E-state index in [1.54, 1.807) is 10.9 Å². The molecule has 0 atom stereocenters. The monoisotopic (exact) mass is 200 g/mol. The molecule has 0 aliphatic carbocycles. The molecule has 0 saturated heterocycles. The van der Waals surface area contributed by atoms with E-state index in [1.807, 2.05) is 12.1 Å². The number of nitrogens with zero attached hydrogens (tertiary/aromatic N) is 2. The molecule has 3 rings (SSSR count). The van der Waals surface area contributed by atoms with Crippen LogP contribution in [0.2, 0.25) is 0 Å². The predicted octanol–water partition coefficient (Wildman–Crippen LogP) is 1.25. The van der Waals surface area contributed by atoms with E-state index < -0.39 is 0 Å². The second kappa shape index (κ2) is 2.92. The maximum atomic E-state index is 5.47. The van der Waals surface area contributed by atoms with Crippen LogP contribution in [0.1, 0.15) is 0 Å². The number of hydrogen-bond donors (Lipinski definition) is 0. The number of terminal acetylenes is 1. The lowest BCUT2D eigenvalue weighted by Crippen LogP contribution is -2.15. The van der Waals surface area contributed by atoms with Crippen molar-refractivity contribution >= 4 is 11.0 Å². The Morgan fingerprint density at radius 2 is 2.00 bits per heavy atom. The number of aromatic nitrogens is 2. The lowest BCUT2D eigenvalue weighted by Gasteiger charge is -2.17. The molecule has 1 aromatic carbocycles. The first-order chi connectivity index (χ1) is 7.38. The van der Waals surface area contributed by atoms with E-state index in [4.69, 9.17) is 15.9 Å². The van der Waals surface area contributed by atoms with Crippen molar-refractivity contribution in [2.75, 3.05) is 13.2 Å². The minimum Gasteiger partial charge on any atom is -0.486 e. The molecule has 2 heterocycles. The SMILES string of the molecule is C#Cn1cnc2cc3c(cc21)OCCO3. The first-order valence-corrected chi connectivity index (χ1v) is 4.62. The normalized spacial score (nSPS) is 13.8. The average Bonchev–Trinajstić information content (AvgIpc) is 2.68. The summed E-state index contributed by atoms with van der Waals surface area (Å²) < 4.78 is 12.5. The van der Waals surface area contributed by atoms with Gasteiger partial charge in [0.15, 0.2) is 11.5 Å². The third kappa shape index (κ3) is 1.13. The van der Waals surface area contributed by atoms with Crippen molar-refractivity contribution in [1.29, 1.82) is 0 Å². The Labute approximate surface area is 86.4 Å². The van der Waals surface area contributed by atoms with Gasteiger partial charge in [0.1, 0.15) is 19.5 Å². The van der Waals surface area contributed by atoms with Gasteiger partial charge in [-0.3, -0.25) is 4.57 Å². The summed E-state index contributed by atoms with van der Waals surface area (Å²) in [5, 5.41) is 0. The minimum absolute atomic E-state index is 0.572. The smallest absolute Gasteiger partial charge is 0.163 e. The first-order valence-electron chi connectivity index (χ1n) is 4.62. The van der Waals surface area contributed by atoms with Crippen LogP contribution in [0.4, 0.5) is 0 Å². The second-order valence-electron chi connectivity index (χ2n) is 3.23. The summed E-state index contributed by atoms with van der Waals surface area (Å²) in [6, 6.07) is 6.22. The summed E-state index contributed by atoms with van der Waals surface area (Å²) in [4.78, 5) is 4.18. The van der Waals surface area contributed by atoms with Gasteiger partial charge in [0, 0.05) is 18.2 Å². The largest absolute Gasteiger partial charge is 0.486 e. The van der Waals surface area contributed by atoms with Gasteiger partial charge < -0.3 is 9.47 Å². The fraction of sp³-hybridized carbons (Fsp3) is 0.182. The van der Waals surface area contributed by atoms with E-state index in [-0.39, 0.29) is 0 Å². The number of rotatable bonds is 0. The maximum Gasteiger partial charge on any atom is 0.163 e. The van der Waals surface area contributed by atoms with Gasteiger partial charge in [-0.15, -0.1) is 0 Å². The number of fused-ring (bicyclic) bond motifs is 2. The summed E-state index contributed by atoms with van der Waals surface area (Å²) >= 11 is 0. The van der Waals surface area contributed by atoms with E-state index in [1.165, 1.54) is 0 Å². The van der Waals surface area contributed by atoms with E-state index in [2.05, 4.69) is 11.0 Å². The number of benzene rings is 1. The van der Waals surface area contributed by atoms with Crippen LogP contribution in [0, 0.1) is 12.5 Å². The third-order valence-electron chi connectivity index (χ3n) is 2.35. The van der Waals surface area contributed by atoms with Gasteiger partial charge >= 0.3 is 0 Å². The summed E-state index contributed by atoms with van der Waals surface area (Å²) in [5.74, 6) is 1.46. The Kier molecular flexibility index (Phi) is 1.59. The summed E-state index contributed by atoms with van der Waals surface area (Å²) in [6.07, 6.45) is 6.94. The van der Waals surface area contributed by atoms with Crippen LogP contribution in [0.3, 0.4) is 0 Å². The van der Waals surface area contributed by atoms with Crippen molar-refractivity contribution in [2.45, 2.75) is 0 Å². The Hall–Kier alpha value is -2.15. The van der Waals surface area contributed by atoms with Crippen molar-refractivity contribution in [2.24, 2.45) is 0 Å². The van der Waals surface area contributed by atoms with Gasteiger partial charge in [-0.05, 0) is 0 Å². The first kappa shape index (κ1) is 8.18. The Balaban J connectivity index is 2.29. The number of imidazole rings is 1. The molecule has 0 fully saturated rings. The Morgan fingerprint density at radius 3 is 2.73 bits per heavy atom. The molecule has 4 heteroatoms. The minimum atomic E-state index is 0.572. The molecule has 0 N–H and O–H groups in total. The van der Waals surface area contributed by atoms with Gasteiger partial charge in [-0.1, -0.05) is 6.42 Å². The van der Waals surface area contributed by atoms with Gasteiger partial charge in [-0.25, -0.2) is 4.98 Å². The fourth-order valence-electron chi connectivity index (χ4n) is 1.65. The second-order valence-corrected chi connectivity index (χ2v) is 3.23. The topological polar surface area (TPSA) is 36.3 Å². The maximum absolute atomic E-state index is 5.47. The highest BCUT2D eigenvalue weighted by molar-refractivity contribution is 5.80. The lowest BCUT2D eigenvalue weighted by atomic mass is 10.2. The molecule has 1 aromatic heterocycles. The van der Waals surface area contributed by atoms with Crippen LogP contribution in [-0.4, -0.2) is 22.8 Å². The van der Waals surface area contributed by atoms with E-state index in [0.717, 1.165) is 22.5 Å². The van der Waals surface area contributed by atoms with Crippen molar-refractivity contribution < 1.29 is 9.47 Å². The fourth-order valence-corrected chi connectivity index (χ4v) is 1.65. The zero-order valence-electron chi connectivity index (χ0n) is 7.93. The zero-order chi connectivity index (χ0) is 10.3. The van der Waals surface area contributed by atoms with Gasteiger partial charge in [0.05, 0.1) is 11.0 Å². The molecule has 0 spiro atoms. The molecule has 0 amide bonds.